The lowest BCUT2D eigenvalue weighted by Crippen LogP contribution is -2.32. The summed E-state index contributed by atoms with van der Waals surface area (Å²) < 4.78 is 0. The molecule has 1 aliphatic rings. The van der Waals surface area contributed by atoms with Gasteiger partial charge in [0, 0.05) is 5.92 Å². The normalized spacial score (nSPS) is 25.9. The monoisotopic (exact) mass is 173 g/mol. The van der Waals surface area contributed by atoms with Gasteiger partial charge in [-0.1, -0.05) is 13.8 Å². The van der Waals surface area contributed by atoms with E-state index in [1.807, 2.05) is 13.8 Å². The predicted octanol–water partition coefficient (Wildman–Crippen LogP) is 0.167. The molecule has 1 fully saturated rings. The molecular weight excluding hydrogens is 158 g/mol. The molecule has 4 heteroatoms. The minimum atomic E-state index is -0.516. The fraction of sp³-hybridized carbons (Fsp3) is 0.875. The second-order valence-electron chi connectivity index (χ2n) is 3.16. The summed E-state index contributed by atoms with van der Waals surface area (Å²) in [6, 6.07) is 0. The van der Waals surface area contributed by atoms with E-state index in [9.17, 15) is 4.79 Å². The Labute approximate surface area is 72.1 Å². The third kappa shape index (κ3) is 1.95. The Balaban J connectivity index is 2.43. The molecule has 0 aromatic carbocycles. The number of hydrogen-bond donors (Lipinski definition) is 1. The van der Waals surface area contributed by atoms with Crippen molar-refractivity contribution in [2.45, 2.75) is 26.4 Å². The van der Waals surface area contributed by atoms with E-state index >= 15 is 0 Å². The summed E-state index contributed by atoms with van der Waals surface area (Å²) in [4.78, 5) is 16.4. The molecule has 4 nitrogen and oxygen atoms in total. The van der Waals surface area contributed by atoms with Crippen LogP contribution in [0.2, 0.25) is 0 Å². The smallest absolute Gasteiger partial charge is 0.249 e. The molecule has 2 atom stereocenters. The number of aliphatic hydroxyl groups excluding tert-OH is 1. The molecule has 1 rings (SSSR count). The van der Waals surface area contributed by atoms with Gasteiger partial charge in [0.25, 0.3) is 0 Å². The van der Waals surface area contributed by atoms with Crippen LogP contribution in [0.1, 0.15) is 20.3 Å². The Morgan fingerprint density at radius 3 is 2.92 bits per heavy atom. The molecule has 1 aliphatic heterocycles. The van der Waals surface area contributed by atoms with Crippen molar-refractivity contribution in [3.05, 3.63) is 0 Å². The quantitative estimate of drug-likeness (QED) is 0.647. The SMILES string of the molecule is CCC(C)C(=O)N1C[C@H](O)CO1. The molecule has 1 N–H and O–H groups in total. The highest BCUT2D eigenvalue weighted by molar-refractivity contribution is 5.77. The van der Waals surface area contributed by atoms with Gasteiger partial charge in [-0.15, -0.1) is 0 Å². The molecule has 0 bridgehead atoms. The van der Waals surface area contributed by atoms with Crippen LogP contribution >= 0.6 is 0 Å². The number of carbonyl (C=O) groups is 1. The summed E-state index contributed by atoms with van der Waals surface area (Å²) in [5.74, 6) is -0.0515. The van der Waals surface area contributed by atoms with Gasteiger partial charge >= 0.3 is 0 Å². The molecule has 12 heavy (non-hydrogen) atoms. The molecule has 1 unspecified atom stereocenters. The number of hydrogen-bond acceptors (Lipinski definition) is 3. The topological polar surface area (TPSA) is 49.8 Å². The third-order valence-corrected chi connectivity index (χ3v) is 2.08. The lowest BCUT2D eigenvalue weighted by molar-refractivity contribution is -0.173. The van der Waals surface area contributed by atoms with E-state index in [1.165, 1.54) is 5.06 Å². The van der Waals surface area contributed by atoms with Gasteiger partial charge in [0.2, 0.25) is 5.91 Å². The number of nitrogens with zero attached hydrogens (tertiary/aromatic N) is 1. The van der Waals surface area contributed by atoms with Gasteiger partial charge in [0.1, 0.15) is 6.61 Å². The van der Waals surface area contributed by atoms with Gasteiger partial charge in [0.15, 0.2) is 0 Å². The van der Waals surface area contributed by atoms with Gasteiger partial charge < -0.3 is 5.11 Å². The average Bonchev–Trinajstić information content (AvgIpc) is 2.49. The average molecular weight is 173 g/mol. The maximum absolute atomic E-state index is 11.4. The first-order valence-corrected chi connectivity index (χ1v) is 4.27. The maximum atomic E-state index is 11.4. The molecule has 0 radical (unpaired) electrons. The second-order valence-corrected chi connectivity index (χ2v) is 3.16. The standard InChI is InChI=1S/C8H15NO3/c1-3-6(2)8(11)9-4-7(10)5-12-9/h6-7,10H,3-5H2,1-2H3/t6?,7-/m0/s1. The van der Waals surface area contributed by atoms with Crippen LogP contribution in [0.15, 0.2) is 0 Å². The van der Waals surface area contributed by atoms with Crippen LogP contribution in [-0.4, -0.2) is 35.3 Å². The van der Waals surface area contributed by atoms with E-state index in [0.717, 1.165) is 6.42 Å². The molecule has 70 valence electrons. The van der Waals surface area contributed by atoms with Gasteiger partial charge in [0.05, 0.1) is 12.6 Å². The summed E-state index contributed by atoms with van der Waals surface area (Å²) in [6.07, 6.45) is 0.285. The molecule has 1 heterocycles. The fourth-order valence-electron chi connectivity index (χ4n) is 1.05. The number of hydroxylamine groups is 2. The Kier molecular flexibility index (Phi) is 3.05. The zero-order chi connectivity index (χ0) is 9.14. The highest BCUT2D eigenvalue weighted by Crippen LogP contribution is 2.12. The lowest BCUT2D eigenvalue weighted by atomic mass is 10.1. The van der Waals surface area contributed by atoms with Crippen molar-refractivity contribution in [1.82, 2.24) is 5.06 Å². The molecule has 0 saturated carbocycles. The molecule has 0 aromatic heterocycles. The van der Waals surface area contributed by atoms with Crippen molar-refractivity contribution in [3.63, 3.8) is 0 Å². The summed E-state index contributed by atoms with van der Waals surface area (Å²) in [7, 11) is 0. The summed E-state index contributed by atoms with van der Waals surface area (Å²) in [5, 5.41) is 10.3. The molecule has 1 amide bonds. The third-order valence-electron chi connectivity index (χ3n) is 2.08. The summed E-state index contributed by atoms with van der Waals surface area (Å²) in [6.45, 7) is 4.36. The van der Waals surface area contributed by atoms with E-state index in [4.69, 9.17) is 9.94 Å². The Bertz CT molecular complexity index is 172. The highest BCUT2D eigenvalue weighted by Gasteiger charge is 2.28. The van der Waals surface area contributed by atoms with Crippen molar-refractivity contribution < 1.29 is 14.7 Å². The summed E-state index contributed by atoms with van der Waals surface area (Å²) in [5.41, 5.74) is 0. The van der Waals surface area contributed by atoms with Crippen LogP contribution in [0.3, 0.4) is 0 Å². The summed E-state index contributed by atoms with van der Waals surface area (Å²) >= 11 is 0. The molecule has 0 aromatic rings. The van der Waals surface area contributed by atoms with Gasteiger partial charge in [-0.25, -0.2) is 5.06 Å². The Hall–Kier alpha value is -0.610. The number of carbonyl (C=O) groups excluding carboxylic acids is 1. The van der Waals surface area contributed by atoms with Crippen molar-refractivity contribution in [2.24, 2.45) is 5.92 Å². The zero-order valence-electron chi connectivity index (χ0n) is 7.49. The van der Waals surface area contributed by atoms with Crippen LogP contribution in [0, 0.1) is 5.92 Å². The van der Waals surface area contributed by atoms with Crippen LogP contribution < -0.4 is 0 Å². The molecule has 1 saturated heterocycles. The van der Waals surface area contributed by atoms with Crippen molar-refractivity contribution in [2.75, 3.05) is 13.2 Å². The molecule has 0 spiro atoms. The van der Waals surface area contributed by atoms with Crippen LogP contribution in [0.4, 0.5) is 0 Å². The number of aliphatic hydroxyl groups is 1. The van der Waals surface area contributed by atoms with Gasteiger partial charge in [-0.2, -0.15) is 0 Å². The number of rotatable bonds is 2. The van der Waals surface area contributed by atoms with Crippen LogP contribution in [0.25, 0.3) is 0 Å². The van der Waals surface area contributed by atoms with Crippen molar-refractivity contribution >= 4 is 5.91 Å². The zero-order valence-corrected chi connectivity index (χ0v) is 7.49. The minimum Gasteiger partial charge on any atom is -0.389 e. The first kappa shape index (κ1) is 9.48. The van der Waals surface area contributed by atoms with E-state index < -0.39 is 6.10 Å². The van der Waals surface area contributed by atoms with Crippen LogP contribution in [-0.2, 0) is 9.63 Å². The molecule has 0 aliphatic carbocycles. The minimum absolute atomic E-state index is 0.0182. The Morgan fingerprint density at radius 2 is 2.50 bits per heavy atom. The van der Waals surface area contributed by atoms with E-state index in [2.05, 4.69) is 0 Å². The molecular formula is C8H15NO3. The Morgan fingerprint density at radius 1 is 1.83 bits per heavy atom. The van der Waals surface area contributed by atoms with E-state index in [0.29, 0.717) is 6.54 Å². The van der Waals surface area contributed by atoms with E-state index in [-0.39, 0.29) is 18.4 Å². The largest absolute Gasteiger partial charge is 0.389 e. The highest BCUT2D eigenvalue weighted by atomic mass is 16.7. The first-order valence-electron chi connectivity index (χ1n) is 4.27. The maximum Gasteiger partial charge on any atom is 0.249 e. The van der Waals surface area contributed by atoms with Crippen molar-refractivity contribution in [1.29, 1.82) is 0 Å². The lowest BCUT2D eigenvalue weighted by Gasteiger charge is -2.17. The fourth-order valence-corrected chi connectivity index (χ4v) is 1.05. The van der Waals surface area contributed by atoms with Gasteiger partial charge in [-0.05, 0) is 6.42 Å². The van der Waals surface area contributed by atoms with Crippen molar-refractivity contribution in [3.8, 4) is 0 Å². The number of β-amino-alcohol motifs (C(OH)–C–C–N with tert-alkyl or cyclic N) is 1. The number of amides is 1. The van der Waals surface area contributed by atoms with E-state index in [1.54, 1.807) is 0 Å². The first-order chi connectivity index (χ1) is 5.65. The predicted molar refractivity (Wildman–Crippen MR) is 43.1 cm³/mol. The van der Waals surface area contributed by atoms with Crippen LogP contribution in [0.5, 0.6) is 0 Å². The van der Waals surface area contributed by atoms with Gasteiger partial charge in [-0.3, -0.25) is 9.63 Å². The second kappa shape index (κ2) is 3.87.